The number of nitrogens with one attached hydrogen (secondary N) is 1. The van der Waals surface area contributed by atoms with Crippen molar-refractivity contribution in [2.45, 2.75) is 13.5 Å². The molecule has 1 N–H and O–H groups in total. The van der Waals surface area contributed by atoms with E-state index in [9.17, 15) is 14.0 Å². The second-order valence-corrected chi connectivity index (χ2v) is 6.33. The van der Waals surface area contributed by atoms with Crippen LogP contribution in [0.15, 0.2) is 70.0 Å². The first-order valence-corrected chi connectivity index (χ1v) is 8.78. The average molecular weight is 393 g/mol. The topological polar surface area (TPSA) is 85.8 Å². The third kappa shape index (κ3) is 4.01. The van der Waals surface area contributed by atoms with Gasteiger partial charge in [-0.2, -0.15) is 0 Å². The highest BCUT2D eigenvalue weighted by molar-refractivity contribution is 6.05. The highest BCUT2D eigenvalue weighted by atomic mass is 19.1. The number of hydrogen-bond acceptors (Lipinski definition) is 5. The predicted octanol–water partition coefficient (Wildman–Crippen LogP) is 3.57. The van der Waals surface area contributed by atoms with Gasteiger partial charge in [-0.05, 0) is 37.3 Å². The Morgan fingerprint density at radius 2 is 2.00 bits per heavy atom. The fourth-order valence-electron chi connectivity index (χ4n) is 2.82. The van der Waals surface area contributed by atoms with Crippen LogP contribution in [0.25, 0.3) is 5.65 Å². The molecule has 0 fully saturated rings. The van der Waals surface area contributed by atoms with Gasteiger partial charge in [-0.25, -0.2) is 9.37 Å². The van der Waals surface area contributed by atoms with Crippen molar-refractivity contribution < 1.29 is 18.4 Å². The smallest absolute Gasteiger partial charge is 0.287 e. The lowest BCUT2D eigenvalue weighted by Gasteiger charge is -2.12. The number of nitrogens with zero attached hydrogens (tertiary/aromatic N) is 2. The number of aryl methyl sites for hydroxylation is 1. The molecule has 29 heavy (non-hydrogen) atoms. The van der Waals surface area contributed by atoms with Crippen LogP contribution in [0.5, 0.6) is 5.75 Å². The van der Waals surface area contributed by atoms with Crippen molar-refractivity contribution in [3.05, 3.63) is 93.9 Å². The van der Waals surface area contributed by atoms with Crippen molar-refractivity contribution in [3.8, 4) is 5.75 Å². The first-order chi connectivity index (χ1) is 14.0. The number of para-hydroxylation sites is 2. The molecule has 0 aliphatic rings. The van der Waals surface area contributed by atoms with Crippen molar-refractivity contribution in [3.63, 3.8) is 0 Å². The van der Waals surface area contributed by atoms with Gasteiger partial charge < -0.3 is 14.6 Å². The lowest BCUT2D eigenvalue weighted by atomic mass is 10.2. The summed E-state index contributed by atoms with van der Waals surface area (Å²) in [4.78, 5) is 28.8. The van der Waals surface area contributed by atoms with E-state index >= 15 is 0 Å². The molecule has 0 aliphatic heterocycles. The Balaban J connectivity index is 1.53. The molecule has 7 nitrogen and oxygen atoms in total. The minimum absolute atomic E-state index is 0.0167. The Morgan fingerprint density at radius 1 is 1.17 bits per heavy atom. The molecular formula is C21H16FN3O4. The fraction of sp³-hybridized carbons (Fsp3) is 0.0952. The van der Waals surface area contributed by atoms with Crippen LogP contribution in [0.2, 0.25) is 0 Å². The molecule has 8 heteroatoms. The van der Waals surface area contributed by atoms with Crippen LogP contribution in [0, 0.1) is 12.7 Å². The summed E-state index contributed by atoms with van der Waals surface area (Å²) in [5.74, 6) is -0.00247. The standard InChI is InChI=1S/C21H16FN3O4/c1-13-9-19-23-16(11-20(26)25(19)29-13)12-28-18-8-3-2-7-17(18)24-21(27)14-5-4-6-15(22)10-14/h2-11H,12H2,1H3,(H,24,27). The lowest BCUT2D eigenvalue weighted by Crippen LogP contribution is -2.15. The van der Waals surface area contributed by atoms with Crippen LogP contribution < -0.4 is 15.6 Å². The number of anilines is 1. The van der Waals surface area contributed by atoms with E-state index in [1.807, 2.05) is 0 Å². The molecule has 0 spiro atoms. The second kappa shape index (κ2) is 7.59. The summed E-state index contributed by atoms with van der Waals surface area (Å²) < 4.78 is 25.5. The van der Waals surface area contributed by atoms with Crippen molar-refractivity contribution in [2.75, 3.05) is 5.32 Å². The van der Waals surface area contributed by atoms with Crippen molar-refractivity contribution >= 4 is 17.2 Å². The van der Waals surface area contributed by atoms with Gasteiger partial charge in [-0.15, -0.1) is 4.57 Å². The molecule has 0 atom stereocenters. The number of hydrogen-bond donors (Lipinski definition) is 1. The predicted molar refractivity (Wildman–Crippen MR) is 104 cm³/mol. The largest absolute Gasteiger partial charge is 0.485 e. The number of fused-ring (bicyclic) bond motifs is 1. The van der Waals surface area contributed by atoms with Gasteiger partial charge in [0.05, 0.1) is 11.4 Å². The van der Waals surface area contributed by atoms with Crippen LogP contribution in [-0.2, 0) is 6.61 Å². The molecule has 146 valence electrons. The Bertz CT molecular complexity index is 1260. The number of aromatic nitrogens is 2. The first-order valence-electron chi connectivity index (χ1n) is 8.78. The van der Waals surface area contributed by atoms with Gasteiger partial charge in [-0.1, -0.05) is 18.2 Å². The van der Waals surface area contributed by atoms with Gasteiger partial charge in [0.25, 0.3) is 11.5 Å². The number of halogens is 1. The maximum atomic E-state index is 13.4. The van der Waals surface area contributed by atoms with Crippen LogP contribution >= 0.6 is 0 Å². The van der Waals surface area contributed by atoms with E-state index in [1.54, 1.807) is 37.3 Å². The lowest BCUT2D eigenvalue weighted by molar-refractivity contribution is 0.102. The molecule has 4 rings (SSSR count). The van der Waals surface area contributed by atoms with Gasteiger partial charge in [0.15, 0.2) is 5.65 Å². The van der Waals surface area contributed by atoms with E-state index in [4.69, 9.17) is 9.26 Å². The quantitative estimate of drug-likeness (QED) is 0.560. The van der Waals surface area contributed by atoms with Gasteiger partial charge in [0.1, 0.15) is 23.9 Å². The van der Waals surface area contributed by atoms with Gasteiger partial charge in [0.2, 0.25) is 0 Å². The van der Waals surface area contributed by atoms with Crippen LogP contribution in [0.4, 0.5) is 10.1 Å². The van der Waals surface area contributed by atoms with E-state index in [-0.39, 0.29) is 17.7 Å². The molecule has 2 aromatic carbocycles. The second-order valence-electron chi connectivity index (χ2n) is 6.33. The number of ether oxygens (including phenoxy) is 1. The number of rotatable bonds is 5. The maximum Gasteiger partial charge on any atom is 0.287 e. The zero-order valence-electron chi connectivity index (χ0n) is 15.4. The normalized spacial score (nSPS) is 10.8. The first kappa shape index (κ1) is 18.4. The van der Waals surface area contributed by atoms with E-state index in [0.717, 1.165) is 10.6 Å². The third-order valence-corrected chi connectivity index (χ3v) is 4.12. The number of amides is 1. The summed E-state index contributed by atoms with van der Waals surface area (Å²) in [5, 5.41) is 2.70. The monoisotopic (exact) mass is 393 g/mol. The molecular weight excluding hydrogens is 377 g/mol. The molecule has 4 aromatic rings. The van der Waals surface area contributed by atoms with E-state index < -0.39 is 11.7 Å². The zero-order chi connectivity index (χ0) is 20.4. The summed E-state index contributed by atoms with van der Waals surface area (Å²) in [6.07, 6.45) is 0. The van der Waals surface area contributed by atoms with Crippen LogP contribution in [-0.4, -0.2) is 15.5 Å². The minimum atomic E-state index is -0.496. The van der Waals surface area contributed by atoms with Gasteiger partial charge >= 0.3 is 0 Å². The summed E-state index contributed by atoms with van der Waals surface area (Å²) in [7, 11) is 0. The van der Waals surface area contributed by atoms with Crippen molar-refractivity contribution in [1.29, 1.82) is 0 Å². The van der Waals surface area contributed by atoms with E-state index in [1.165, 1.54) is 24.3 Å². The molecule has 2 heterocycles. The molecule has 0 saturated heterocycles. The average Bonchev–Trinajstić information content (AvgIpc) is 3.08. The van der Waals surface area contributed by atoms with Gasteiger partial charge in [-0.3, -0.25) is 9.59 Å². The van der Waals surface area contributed by atoms with Crippen LogP contribution in [0.3, 0.4) is 0 Å². The van der Waals surface area contributed by atoms with Crippen LogP contribution in [0.1, 0.15) is 21.8 Å². The Labute approximate surface area is 164 Å². The third-order valence-electron chi connectivity index (χ3n) is 4.12. The van der Waals surface area contributed by atoms with Gasteiger partial charge in [0, 0.05) is 17.7 Å². The minimum Gasteiger partial charge on any atom is -0.485 e. The molecule has 0 aliphatic carbocycles. The number of carbonyl (C=O) groups is 1. The van der Waals surface area contributed by atoms with E-state index in [0.29, 0.717) is 28.5 Å². The van der Waals surface area contributed by atoms with Crippen molar-refractivity contribution in [2.24, 2.45) is 0 Å². The number of benzene rings is 2. The summed E-state index contributed by atoms with van der Waals surface area (Å²) in [6.45, 7) is 1.74. The summed E-state index contributed by atoms with van der Waals surface area (Å²) in [6, 6.07) is 15.2. The fourth-order valence-corrected chi connectivity index (χ4v) is 2.82. The molecule has 1 amide bonds. The van der Waals surface area contributed by atoms with E-state index in [2.05, 4.69) is 10.3 Å². The molecule has 2 aromatic heterocycles. The summed E-state index contributed by atoms with van der Waals surface area (Å²) in [5.41, 5.74) is 1.06. The maximum absolute atomic E-state index is 13.4. The molecule has 0 radical (unpaired) electrons. The number of carbonyl (C=O) groups excluding carboxylic acids is 1. The van der Waals surface area contributed by atoms with Crippen molar-refractivity contribution in [1.82, 2.24) is 9.56 Å². The zero-order valence-corrected chi connectivity index (χ0v) is 15.4. The SMILES string of the molecule is Cc1cc2nc(COc3ccccc3NC(=O)c3cccc(F)c3)cc(=O)n2o1. The molecule has 0 bridgehead atoms. The Morgan fingerprint density at radius 3 is 2.83 bits per heavy atom. The molecule has 0 saturated carbocycles. The molecule has 0 unspecified atom stereocenters. The Kier molecular flexibility index (Phi) is 4.82. The highest BCUT2D eigenvalue weighted by Crippen LogP contribution is 2.25. The Hall–Kier alpha value is -3.94. The summed E-state index contributed by atoms with van der Waals surface area (Å²) >= 11 is 0. The highest BCUT2D eigenvalue weighted by Gasteiger charge is 2.12.